The third kappa shape index (κ3) is 5.06. The maximum atomic E-state index is 13.8. The first-order chi connectivity index (χ1) is 17.1. The summed E-state index contributed by atoms with van der Waals surface area (Å²) in [5.41, 5.74) is -1.14. The van der Waals surface area contributed by atoms with Gasteiger partial charge in [0.15, 0.2) is 0 Å². The van der Waals surface area contributed by atoms with Crippen LogP contribution in [0.15, 0.2) is 25.3 Å². The number of allylic oxidation sites excluding steroid dienone is 1. The topological polar surface area (TPSA) is 125 Å². The lowest BCUT2D eigenvalue weighted by Crippen LogP contribution is -2.57. The molecule has 3 fully saturated rings. The van der Waals surface area contributed by atoms with Gasteiger partial charge in [-0.3, -0.25) is 19.2 Å². The van der Waals surface area contributed by atoms with Crippen molar-refractivity contribution in [1.82, 2.24) is 15.1 Å². The molecule has 36 heavy (non-hydrogen) atoms. The van der Waals surface area contributed by atoms with Crippen LogP contribution in [0.3, 0.4) is 0 Å². The van der Waals surface area contributed by atoms with E-state index in [-0.39, 0.29) is 43.5 Å². The molecule has 2 N–H and O–H groups in total. The van der Waals surface area contributed by atoms with Crippen molar-refractivity contribution in [3.05, 3.63) is 25.3 Å². The number of fused-ring (bicyclic) bond motifs is 1. The summed E-state index contributed by atoms with van der Waals surface area (Å²) in [7, 11) is 0. The van der Waals surface area contributed by atoms with Crippen molar-refractivity contribution in [1.29, 1.82) is 0 Å². The number of carbonyl (C=O) groups is 4. The Morgan fingerprint density at radius 3 is 2.64 bits per heavy atom. The molecule has 0 saturated carbocycles. The Balaban J connectivity index is 1.80. The number of aliphatic hydroxyl groups excluding tert-OH is 1. The molecule has 0 radical (unpaired) electrons. The van der Waals surface area contributed by atoms with Crippen LogP contribution in [-0.4, -0.2) is 94.7 Å². The fourth-order valence-electron chi connectivity index (χ4n) is 5.80. The van der Waals surface area contributed by atoms with Crippen LogP contribution in [0, 0.1) is 11.8 Å². The number of carbonyl (C=O) groups excluding carboxylic acids is 4. The van der Waals surface area contributed by atoms with Gasteiger partial charge in [-0.2, -0.15) is 0 Å². The zero-order chi connectivity index (χ0) is 26.6. The summed E-state index contributed by atoms with van der Waals surface area (Å²) in [5.74, 6) is -3.11. The largest absolute Gasteiger partial charge is 0.460 e. The summed E-state index contributed by atoms with van der Waals surface area (Å²) >= 11 is 0. The lowest BCUT2D eigenvalue weighted by atomic mass is 9.70. The molecule has 10 heteroatoms. The van der Waals surface area contributed by atoms with E-state index in [0.717, 1.165) is 0 Å². The van der Waals surface area contributed by atoms with Gasteiger partial charge in [-0.1, -0.05) is 12.2 Å². The lowest BCUT2D eigenvalue weighted by Gasteiger charge is -2.38. The van der Waals surface area contributed by atoms with Crippen molar-refractivity contribution in [2.75, 3.05) is 26.2 Å². The Bertz CT molecular complexity index is 891. The van der Waals surface area contributed by atoms with E-state index in [0.29, 0.717) is 32.2 Å². The summed E-state index contributed by atoms with van der Waals surface area (Å²) in [5, 5.41) is 12.4. The van der Waals surface area contributed by atoms with Gasteiger partial charge in [-0.05, 0) is 40.0 Å². The monoisotopic (exact) mass is 505 g/mol. The Morgan fingerprint density at radius 1 is 1.31 bits per heavy atom. The van der Waals surface area contributed by atoms with Gasteiger partial charge in [0.1, 0.15) is 17.7 Å². The highest BCUT2D eigenvalue weighted by Crippen LogP contribution is 2.58. The minimum atomic E-state index is -1.14. The van der Waals surface area contributed by atoms with Crippen molar-refractivity contribution >= 4 is 23.7 Å². The van der Waals surface area contributed by atoms with E-state index < -0.39 is 41.7 Å². The van der Waals surface area contributed by atoms with Crippen molar-refractivity contribution in [3.8, 4) is 0 Å². The maximum absolute atomic E-state index is 13.8. The van der Waals surface area contributed by atoms with Gasteiger partial charge in [0.05, 0.1) is 31.1 Å². The minimum absolute atomic E-state index is 0.0313. The maximum Gasteiger partial charge on any atom is 0.312 e. The number of nitrogens with zero attached hydrogens (tertiary/aromatic N) is 2. The number of hydrogen-bond donors (Lipinski definition) is 2. The van der Waals surface area contributed by atoms with E-state index in [2.05, 4.69) is 18.5 Å². The summed E-state index contributed by atoms with van der Waals surface area (Å²) in [4.78, 5) is 55.5. The second kappa shape index (κ2) is 11.6. The van der Waals surface area contributed by atoms with Crippen LogP contribution >= 0.6 is 0 Å². The van der Waals surface area contributed by atoms with Gasteiger partial charge >= 0.3 is 5.97 Å². The molecular formula is C26H39N3O7. The normalized spacial score (nSPS) is 29.1. The molecule has 3 saturated heterocycles. The molecule has 0 aromatic carbocycles. The van der Waals surface area contributed by atoms with Crippen LogP contribution in [0.25, 0.3) is 0 Å². The molecule has 2 bridgehead atoms. The highest BCUT2D eigenvalue weighted by molar-refractivity contribution is 5.98. The first-order valence-corrected chi connectivity index (χ1v) is 12.7. The quantitative estimate of drug-likeness (QED) is 0.280. The molecule has 0 aromatic heterocycles. The van der Waals surface area contributed by atoms with Crippen molar-refractivity contribution in [2.24, 2.45) is 11.8 Å². The van der Waals surface area contributed by atoms with Gasteiger partial charge in [0.2, 0.25) is 17.7 Å². The summed E-state index contributed by atoms with van der Waals surface area (Å²) in [6, 6.07) is -1.08. The van der Waals surface area contributed by atoms with E-state index >= 15 is 0 Å². The third-order valence-corrected chi connectivity index (χ3v) is 7.36. The first kappa shape index (κ1) is 27.9. The van der Waals surface area contributed by atoms with Crippen molar-refractivity contribution in [2.45, 2.75) is 76.3 Å². The van der Waals surface area contributed by atoms with Gasteiger partial charge in [-0.15, -0.1) is 13.2 Å². The Morgan fingerprint density at radius 2 is 2.03 bits per heavy atom. The molecule has 3 amide bonds. The molecule has 3 heterocycles. The fourth-order valence-corrected chi connectivity index (χ4v) is 5.80. The molecule has 3 aliphatic heterocycles. The number of nitrogens with one attached hydrogen (secondary N) is 1. The van der Waals surface area contributed by atoms with Crippen LogP contribution in [0.2, 0.25) is 0 Å². The van der Waals surface area contributed by atoms with E-state index in [1.54, 1.807) is 24.0 Å². The molecule has 0 aliphatic carbocycles. The van der Waals surface area contributed by atoms with Crippen molar-refractivity contribution in [3.63, 3.8) is 0 Å². The molecule has 3 rings (SSSR count). The Labute approximate surface area is 212 Å². The third-order valence-electron chi connectivity index (χ3n) is 7.36. The lowest BCUT2D eigenvalue weighted by molar-refractivity contribution is -0.159. The Kier molecular flexibility index (Phi) is 8.94. The van der Waals surface area contributed by atoms with E-state index in [4.69, 9.17) is 9.47 Å². The summed E-state index contributed by atoms with van der Waals surface area (Å²) in [6.07, 6.45) is 4.00. The van der Waals surface area contributed by atoms with E-state index in [1.807, 2.05) is 13.8 Å². The van der Waals surface area contributed by atoms with Crippen LogP contribution < -0.4 is 5.32 Å². The summed E-state index contributed by atoms with van der Waals surface area (Å²) < 4.78 is 12.0. The SMILES string of the molecule is C=CCCC(=O)NC[C@H](C)OC(=O)[C@@H]1[C@H]2C(=O)N(CCO)[C@H](C(=O)N(CC=C)C(C)C)[C@]23CC[C@H]1O3. The molecule has 0 aromatic rings. The standard InChI is InChI=1S/C26H39N3O7/c1-6-8-9-19(31)27-15-17(5)35-25(34)20-18-10-11-26(36-18)21(20)23(32)29(13-14-30)22(26)24(33)28(12-7-2)16(3)4/h6-7,16-18,20-22,30H,1-2,8-15H2,3-5H3,(H,27,31)/t17-,18+,20-,21-,22+,26-/m0/s1. The first-order valence-electron chi connectivity index (χ1n) is 12.7. The smallest absolute Gasteiger partial charge is 0.312 e. The highest BCUT2D eigenvalue weighted by atomic mass is 16.6. The average molecular weight is 506 g/mol. The Hall–Kier alpha value is -2.72. The number of rotatable bonds is 13. The van der Waals surface area contributed by atoms with Crippen LogP contribution in [0.5, 0.6) is 0 Å². The number of esters is 1. The van der Waals surface area contributed by atoms with Crippen LogP contribution in [0.1, 0.15) is 46.5 Å². The van der Waals surface area contributed by atoms with Gasteiger partial charge < -0.3 is 29.7 Å². The molecule has 6 atom stereocenters. The van der Waals surface area contributed by atoms with Crippen LogP contribution in [0.4, 0.5) is 0 Å². The second-order valence-corrected chi connectivity index (χ2v) is 10.1. The number of amides is 3. The summed E-state index contributed by atoms with van der Waals surface area (Å²) in [6.45, 7) is 12.9. The zero-order valence-corrected chi connectivity index (χ0v) is 21.5. The van der Waals surface area contributed by atoms with Gasteiger partial charge in [0, 0.05) is 25.6 Å². The van der Waals surface area contributed by atoms with Gasteiger partial charge in [-0.25, -0.2) is 0 Å². The van der Waals surface area contributed by atoms with Crippen LogP contribution in [-0.2, 0) is 28.7 Å². The minimum Gasteiger partial charge on any atom is -0.460 e. The molecule has 1 spiro atoms. The van der Waals surface area contributed by atoms with E-state index in [1.165, 1.54) is 4.90 Å². The predicted octanol–water partition coefficient (Wildman–Crippen LogP) is 0.790. The second-order valence-electron chi connectivity index (χ2n) is 10.1. The number of hydrogen-bond acceptors (Lipinski definition) is 7. The number of β-amino-alcohol motifs (C(OH)–C–C–N with tert-alkyl or cyclic N) is 1. The predicted molar refractivity (Wildman–Crippen MR) is 131 cm³/mol. The molecule has 3 aliphatic rings. The number of ether oxygens (including phenoxy) is 2. The molecule has 0 unspecified atom stereocenters. The molecule has 200 valence electrons. The van der Waals surface area contributed by atoms with Crippen molar-refractivity contribution < 1.29 is 33.8 Å². The highest BCUT2D eigenvalue weighted by Gasteiger charge is 2.75. The molecule has 10 nitrogen and oxygen atoms in total. The zero-order valence-electron chi connectivity index (χ0n) is 21.5. The molecular weight excluding hydrogens is 466 g/mol. The number of aliphatic hydroxyl groups is 1. The number of likely N-dealkylation sites (tertiary alicyclic amines) is 1. The average Bonchev–Trinajstić information content (AvgIpc) is 3.47. The van der Waals surface area contributed by atoms with E-state index in [9.17, 15) is 24.3 Å². The van der Waals surface area contributed by atoms with Gasteiger partial charge in [0.25, 0.3) is 0 Å². The fraction of sp³-hybridized carbons (Fsp3) is 0.692.